The molecule has 0 fully saturated rings. The lowest BCUT2D eigenvalue weighted by atomic mass is 10.3. The molecule has 0 aliphatic rings. The van der Waals surface area contributed by atoms with Gasteiger partial charge in [-0.2, -0.15) is 0 Å². The van der Waals surface area contributed by atoms with Gasteiger partial charge in [0.25, 0.3) is 0 Å². The van der Waals surface area contributed by atoms with Crippen molar-refractivity contribution in [1.82, 2.24) is 0 Å². The summed E-state index contributed by atoms with van der Waals surface area (Å²) in [5.74, 6) is 0. The molecule has 1 aromatic heterocycles. The Hall–Kier alpha value is 0.260. The number of hydrogen-bond donors (Lipinski definition) is 1. The minimum absolute atomic E-state index is 0.530. The molecule has 2 rings (SSSR count). The zero-order chi connectivity index (χ0) is 12.4. The van der Waals surface area contributed by atoms with E-state index < -0.39 is 0 Å². The van der Waals surface area contributed by atoms with E-state index in [1.54, 1.807) is 11.3 Å². The quantitative estimate of drug-likeness (QED) is 0.589. The third-order valence-corrected chi connectivity index (χ3v) is 5.86. The van der Waals surface area contributed by atoms with Crippen molar-refractivity contribution in [2.24, 2.45) is 0 Å². The van der Waals surface area contributed by atoms with E-state index in [1.807, 2.05) is 23.6 Å². The molecule has 0 saturated carbocycles. The van der Waals surface area contributed by atoms with Gasteiger partial charge in [0.2, 0.25) is 0 Å². The van der Waals surface area contributed by atoms with Crippen LogP contribution in [0.1, 0.15) is 4.88 Å². The van der Waals surface area contributed by atoms with Gasteiger partial charge in [0, 0.05) is 13.8 Å². The van der Waals surface area contributed by atoms with Gasteiger partial charge < -0.3 is 5.32 Å². The average molecular weight is 416 g/mol. The predicted octanol–water partition coefficient (Wildman–Crippen LogP) is 6.19. The molecule has 1 N–H and O–H groups in total. The Labute approximate surface area is 130 Å². The van der Waals surface area contributed by atoms with Crippen molar-refractivity contribution in [2.75, 3.05) is 5.32 Å². The first-order valence-corrected chi connectivity index (χ1v) is 7.91. The van der Waals surface area contributed by atoms with E-state index in [1.165, 1.54) is 4.88 Å². The van der Waals surface area contributed by atoms with Gasteiger partial charge in [0.05, 0.1) is 22.3 Å². The molecule has 1 aromatic carbocycles. The molecule has 0 spiro atoms. The summed E-state index contributed by atoms with van der Waals surface area (Å²) in [7, 11) is 0. The second kappa shape index (κ2) is 5.93. The third kappa shape index (κ3) is 3.18. The summed E-state index contributed by atoms with van der Waals surface area (Å²) in [4.78, 5) is 1.22. The SMILES string of the molecule is Clc1c(Br)ccc(NCc2sccc2Br)c1Cl. The second-order valence-electron chi connectivity index (χ2n) is 3.27. The highest BCUT2D eigenvalue weighted by molar-refractivity contribution is 9.10. The van der Waals surface area contributed by atoms with Crippen molar-refractivity contribution in [3.63, 3.8) is 0 Å². The molecule has 1 nitrogen and oxygen atoms in total. The van der Waals surface area contributed by atoms with Crippen LogP contribution >= 0.6 is 66.4 Å². The van der Waals surface area contributed by atoms with Gasteiger partial charge >= 0.3 is 0 Å². The van der Waals surface area contributed by atoms with Crippen LogP contribution in [0.15, 0.2) is 32.5 Å². The summed E-state index contributed by atoms with van der Waals surface area (Å²) in [5.41, 5.74) is 0.833. The fourth-order valence-electron chi connectivity index (χ4n) is 1.29. The van der Waals surface area contributed by atoms with Crippen molar-refractivity contribution >= 4 is 72.1 Å². The zero-order valence-electron chi connectivity index (χ0n) is 8.44. The van der Waals surface area contributed by atoms with Crippen LogP contribution in [0.5, 0.6) is 0 Å². The first-order valence-electron chi connectivity index (χ1n) is 4.69. The standard InChI is InChI=1S/C11H7Br2Cl2NS/c12-6-3-4-17-9(6)5-16-8-2-1-7(13)10(14)11(8)15/h1-4,16H,5H2. The van der Waals surface area contributed by atoms with Crippen LogP contribution < -0.4 is 5.32 Å². The zero-order valence-corrected chi connectivity index (χ0v) is 13.9. The summed E-state index contributed by atoms with van der Waals surface area (Å²) in [6.07, 6.45) is 0. The van der Waals surface area contributed by atoms with E-state index in [2.05, 4.69) is 37.2 Å². The molecular formula is C11H7Br2Cl2NS. The van der Waals surface area contributed by atoms with Crippen molar-refractivity contribution in [3.05, 3.63) is 47.4 Å². The Balaban J connectivity index is 2.15. The molecular weight excluding hydrogens is 409 g/mol. The van der Waals surface area contributed by atoms with E-state index in [-0.39, 0.29) is 0 Å². The van der Waals surface area contributed by atoms with Gasteiger partial charge in [0.15, 0.2) is 0 Å². The number of halogens is 4. The molecule has 0 bridgehead atoms. The summed E-state index contributed by atoms with van der Waals surface area (Å²) in [6.45, 7) is 0.718. The van der Waals surface area contributed by atoms with Crippen LogP contribution in [0.4, 0.5) is 5.69 Å². The number of anilines is 1. The smallest absolute Gasteiger partial charge is 0.0835 e. The normalized spacial score (nSPS) is 10.6. The van der Waals surface area contributed by atoms with Crippen LogP contribution in [0, 0.1) is 0 Å². The topological polar surface area (TPSA) is 12.0 Å². The highest BCUT2D eigenvalue weighted by Crippen LogP contribution is 2.36. The van der Waals surface area contributed by atoms with Crippen molar-refractivity contribution in [3.8, 4) is 0 Å². The number of hydrogen-bond acceptors (Lipinski definition) is 2. The van der Waals surface area contributed by atoms with E-state index in [4.69, 9.17) is 23.2 Å². The van der Waals surface area contributed by atoms with E-state index >= 15 is 0 Å². The minimum Gasteiger partial charge on any atom is -0.379 e. The van der Waals surface area contributed by atoms with Crippen LogP contribution in [0.2, 0.25) is 10.0 Å². The predicted molar refractivity (Wildman–Crippen MR) is 83.5 cm³/mol. The molecule has 0 aliphatic carbocycles. The molecule has 0 aliphatic heterocycles. The molecule has 0 saturated heterocycles. The molecule has 0 amide bonds. The van der Waals surface area contributed by atoms with Crippen LogP contribution in [-0.2, 0) is 6.54 Å². The Bertz CT molecular complexity index is 542. The van der Waals surface area contributed by atoms with Gasteiger partial charge in [0.1, 0.15) is 0 Å². The van der Waals surface area contributed by atoms with Gasteiger partial charge in [-0.3, -0.25) is 0 Å². The largest absolute Gasteiger partial charge is 0.379 e. The maximum Gasteiger partial charge on any atom is 0.0835 e. The van der Waals surface area contributed by atoms with Crippen LogP contribution in [0.3, 0.4) is 0 Å². The minimum atomic E-state index is 0.530. The highest BCUT2D eigenvalue weighted by Gasteiger charge is 2.09. The van der Waals surface area contributed by atoms with Gasteiger partial charge in [-0.15, -0.1) is 11.3 Å². The van der Waals surface area contributed by atoms with E-state index in [0.717, 1.165) is 21.2 Å². The van der Waals surface area contributed by atoms with Crippen molar-refractivity contribution < 1.29 is 0 Å². The summed E-state index contributed by atoms with van der Waals surface area (Å²) in [5, 5.41) is 6.37. The Morgan fingerprint density at radius 1 is 1.06 bits per heavy atom. The van der Waals surface area contributed by atoms with Gasteiger partial charge in [-0.1, -0.05) is 23.2 Å². The van der Waals surface area contributed by atoms with E-state index in [0.29, 0.717) is 10.0 Å². The Morgan fingerprint density at radius 2 is 1.82 bits per heavy atom. The molecule has 0 atom stereocenters. The fourth-order valence-corrected chi connectivity index (χ4v) is 3.56. The summed E-state index contributed by atoms with van der Waals surface area (Å²) >= 11 is 20.7. The number of nitrogens with one attached hydrogen (secondary N) is 1. The van der Waals surface area contributed by atoms with Crippen molar-refractivity contribution in [1.29, 1.82) is 0 Å². The van der Waals surface area contributed by atoms with Gasteiger partial charge in [-0.25, -0.2) is 0 Å². The van der Waals surface area contributed by atoms with Crippen molar-refractivity contribution in [2.45, 2.75) is 6.54 Å². The molecule has 2 aromatic rings. The molecule has 6 heteroatoms. The highest BCUT2D eigenvalue weighted by atomic mass is 79.9. The monoisotopic (exact) mass is 413 g/mol. The number of benzene rings is 1. The molecule has 0 radical (unpaired) electrons. The number of rotatable bonds is 3. The maximum atomic E-state index is 6.15. The lowest BCUT2D eigenvalue weighted by Gasteiger charge is -2.09. The molecule has 1 heterocycles. The molecule has 17 heavy (non-hydrogen) atoms. The van der Waals surface area contributed by atoms with E-state index in [9.17, 15) is 0 Å². The van der Waals surface area contributed by atoms with Crippen LogP contribution in [0.25, 0.3) is 0 Å². The Kier molecular flexibility index (Phi) is 4.78. The lowest BCUT2D eigenvalue weighted by Crippen LogP contribution is -1.98. The fraction of sp³-hybridized carbons (Fsp3) is 0.0909. The summed E-state index contributed by atoms with van der Waals surface area (Å²) in [6, 6.07) is 5.80. The first-order chi connectivity index (χ1) is 8.09. The lowest BCUT2D eigenvalue weighted by molar-refractivity contribution is 1.18. The second-order valence-corrected chi connectivity index (χ2v) is 6.73. The summed E-state index contributed by atoms with van der Waals surface area (Å²) < 4.78 is 1.90. The van der Waals surface area contributed by atoms with Crippen LogP contribution in [-0.4, -0.2) is 0 Å². The Morgan fingerprint density at radius 3 is 2.47 bits per heavy atom. The number of thiophene rings is 1. The maximum absolute atomic E-state index is 6.15. The third-order valence-electron chi connectivity index (χ3n) is 2.17. The average Bonchev–Trinajstić information content (AvgIpc) is 2.71. The molecule has 0 unspecified atom stereocenters. The van der Waals surface area contributed by atoms with Gasteiger partial charge in [-0.05, 0) is 55.4 Å². The first kappa shape index (κ1) is 13.7. The molecule has 90 valence electrons.